The van der Waals surface area contributed by atoms with E-state index in [2.05, 4.69) is 0 Å². The third kappa shape index (κ3) is 3.88. The average molecular weight is 295 g/mol. The minimum absolute atomic E-state index is 0.00834. The lowest BCUT2D eigenvalue weighted by atomic mass is 9.83. The van der Waals surface area contributed by atoms with Gasteiger partial charge in [0.05, 0.1) is 26.9 Å². The highest BCUT2D eigenvalue weighted by molar-refractivity contribution is 6.03. The predicted molar refractivity (Wildman–Crippen MR) is 82.8 cm³/mol. The Hall–Kier alpha value is -1.75. The van der Waals surface area contributed by atoms with Crippen molar-refractivity contribution in [3.8, 4) is 17.2 Å². The first-order chi connectivity index (χ1) is 9.76. The van der Waals surface area contributed by atoms with Gasteiger partial charge in [-0.1, -0.05) is 13.8 Å². The molecule has 1 aromatic rings. The maximum atomic E-state index is 12.8. The van der Waals surface area contributed by atoms with Gasteiger partial charge < -0.3 is 19.1 Å². The molecule has 0 aromatic heterocycles. The summed E-state index contributed by atoms with van der Waals surface area (Å²) in [4.78, 5) is 14.8. The summed E-state index contributed by atoms with van der Waals surface area (Å²) in [6, 6.07) is 3.36. The number of methoxy groups -OCH3 is 3. The number of Topliss-reactive ketones (excluding diaryl/α,β-unsaturated/α-hetero) is 1. The van der Waals surface area contributed by atoms with Crippen molar-refractivity contribution in [2.75, 3.05) is 42.0 Å². The van der Waals surface area contributed by atoms with Crippen LogP contribution in [0.1, 0.15) is 24.2 Å². The number of ketones is 1. The Balaban J connectivity index is 3.31. The molecule has 0 saturated heterocycles. The summed E-state index contributed by atoms with van der Waals surface area (Å²) in [5.41, 5.74) is -0.0295. The second-order valence-electron chi connectivity index (χ2n) is 5.86. The van der Waals surface area contributed by atoms with Crippen LogP contribution in [0.3, 0.4) is 0 Å². The van der Waals surface area contributed by atoms with Gasteiger partial charge in [-0.05, 0) is 20.2 Å². The van der Waals surface area contributed by atoms with Crippen molar-refractivity contribution in [1.29, 1.82) is 0 Å². The van der Waals surface area contributed by atoms with Crippen LogP contribution in [0.5, 0.6) is 17.2 Å². The van der Waals surface area contributed by atoms with Gasteiger partial charge in [-0.15, -0.1) is 0 Å². The second kappa shape index (κ2) is 6.80. The Labute approximate surface area is 126 Å². The third-order valence-electron chi connectivity index (χ3n) is 3.28. The Morgan fingerprint density at radius 2 is 1.48 bits per heavy atom. The van der Waals surface area contributed by atoms with E-state index in [1.165, 1.54) is 7.11 Å². The third-order valence-corrected chi connectivity index (χ3v) is 3.28. The standard InChI is InChI=1S/C16H25NO4/c1-16(2,10-17(3)4)15(18)11-8-13(20-6)14(21-7)9-12(11)19-5/h8-9H,10H2,1-7H3. The fourth-order valence-electron chi connectivity index (χ4n) is 2.43. The highest BCUT2D eigenvalue weighted by atomic mass is 16.5. The van der Waals surface area contributed by atoms with Crippen LogP contribution in [0, 0.1) is 5.41 Å². The minimum Gasteiger partial charge on any atom is -0.496 e. The van der Waals surface area contributed by atoms with Crippen molar-refractivity contribution < 1.29 is 19.0 Å². The van der Waals surface area contributed by atoms with E-state index in [1.807, 2.05) is 32.8 Å². The van der Waals surface area contributed by atoms with Crippen LogP contribution in [0.4, 0.5) is 0 Å². The SMILES string of the molecule is COc1cc(OC)c(C(=O)C(C)(C)CN(C)C)cc1OC. The van der Waals surface area contributed by atoms with Crippen molar-refractivity contribution in [3.63, 3.8) is 0 Å². The highest BCUT2D eigenvalue weighted by Crippen LogP contribution is 2.37. The van der Waals surface area contributed by atoms with Crippen molar-refractivity contribution in [2.24, 2.45) is 5.41 Å². The summed E-state index contributed by atoms with van der Waals surface area (Å²) < 4.78 is 15.9. The quantitative estimate of drug-likeness (QED) is 0.723. The van der Waals surface area contributed by atoms with E-state index in [0.717, 1.165) is 0 Å². The lowest BCUT2D eigenvalue weighted by Gasteiger charge is -2.27. The summed E-state index contributed by atoms with van der Waals surface area (Å²) in [6.07, 6.45) is 0. The smallest absolute Gasteiger partial charge is 0.173 e. The van der Waals surface area contributed by atoms with Gasteiger partial charge in [-0.25, -0.2) is 0 Å². The normalized spacial score (nSPS) is 11.4. The van der Waals surface area contributed by atoms with E-state index in [-0.39, 0.29) is 5.78 Å². The molecule has 0 aliphatic heterocycles. The number of hydrogen-bond acceptors (Lipinski definition) is 5. The van der Waals surface area contributed by atoms with Gasteiger partial charge in [0, 0.05) is 18.0 Å². The van der Waals surface area contributed by atoms with Crippen LogP contribution in [0.25, 0.3) is 0 Å². The van der Waals surface area contributed by atoms with Crippen LogP contribution in [0.15, 0.2) is 12.1 Å². The fraction of sp³-hybridized carbons (Fsp3) is 0.562. The summed E-state index contributed by atoms with van der Waals surface area (Å²) in [7, 11) is 8.52. The molecule has 0 saturated carbocycles. The molecule has 1 aromatic carbocycles. The van der Waals surface area contributed by atoms with Crippen molar-refractivity contribution in [3.05, 3.63) is 17.7 Å². The molecule has 21 heavy (non-hydrogen) atoms. The first-order valence-electron chi connectivity index (χ1n) is 6.76. The molecule has 0 unspecified atom stereocenters. The zero-order chi connectivity index (χ0) is 16.2. The molecule has 0 atom stereocenters. The molecule has 0 amide bonds. The van der Waals surface area contributed by atoms with E-state index in [0.29, 0.717) is 29.4 Å². The minimum atomic E-state index is -0.531. The van der Waals surface area contributed by atoms with Crippen LogP contribution in [-0.4, -0.2) is 52.7 Å². The van der Waals surface area contributed by atoms with E-state index in [1.54, 1.807) is 26.4 Å². The molecule has 0 radical (unpaired) electrons. The zero-order valence-electron chi connectivity index (χ0n) is 13.9. The van der Waals surface area contributed by atoms with Crippen molar-refractivity contribution in [1.82, 2.24) is 4.90 Å². The van der Waals surface area contributed by atoms with Crippen molar-refractivity contribution >= 4 is 5.78 Å². The fourth-order valence-corrected chi connectivity index (χ4v) is 2.43. The number of carbonyl (C=O) groups excluding carboxylic acids is 1. The molecule has 0 aliphatic carbocycles. The largest absolute Gasteiger partial charge is 0.496 e. The molecule has 118 valence electrons. The van der Waals surface area contributed by atoms with E-state index in [4.69, 9.17) is 14.2 Å². The molecule has 0 bridgehead atoms. The maximum absolute atomic E-state index is 12.8. The molecule has 5 nitrogen and oxygen atoms in total. The molecular formula is C16H25NO4. The lowest BCUT2D eigenvalue weighted by molar-refractivity contribution is 0.0793. The Bertz CT molecular complexity index is 509. The molecule has 1 rings (SSSR count). The van der Waals surface area contributed by atoms with E-state index in [9.17, 15) is 4.79 Å². The van der Waals surface area contributed by atoms with Crippen molar-refractivity contribution in [2.45, 2.75) is 13.8 Å². The highest BCUT2D eigenvalue weighted by Gasteiger charge is 2.32. The summed E-state index contributed by atoms with van der Waals surface area (Å²) in [5, 5.41) is 0. The Morgan fingerprint density at radius 1 is 1.00 bits per heavy atom. The van der Waals surface area contributed by atoms with Gasteiger partial charge in [0.25, 0.3) is 0 Å². The molecule has 0 fully saturated rings. The molecule has 0 N–H and O–H groups in total. The molecule has 0 spiro atoms. The second-order valence-corrected chi connectivity index (χ2v) is 5.86. The summed E-state index contributed by atoms with van der Waals surface area (Å²) >= 11 is 0. The maximum Gasteiger partial charge on any atom is 0.173 e. The van der Waals surface area contributed by atoms with Gasteiger partial charge in [-0.2, -0.15) is 0 Å². The number of rotatable bonds is 7. The van der Waals surface area contributed by atoms with Crippen LogP contribution < -0.4 is 14.2 Å². The number of ether oxygens (including phenoxy) is 3. The number of hydrogen-bond donors (Lipinski definition) is 0. The number of nitrogens with zero attached hydrogens (tertiary/aromatic N) is 1. The first-order valence-corrected chi connectivity index (χ1v) is 6.76. The van der Waals surface area contributed by atoms with Gasteiger partial charge in [-0.3, -0.25) is 4.79 Å². The van der Waals surface area contributed by atoms with Gasteiger partial charge in [0.15, 0.2) is 17.3 Å². The summed E-state index contributed by atoms with van der Waals surface area (Å²) in [6.45, 7) is 4.49. The number of carbonyl (C=O) groups is 1. The van der Waals surface area contributed by atoms with Crippen LogP contribution >= 0.6 is 0 Å². The van der Waals surface area contributed by atoms with E-state index >= 15 is 0 Å². The predicted octanol–water partition coefficient (Wildman–Crippen LogP) is 2.48. The molecular weight excluding hydrogens is 270 g/mol. The molecule has 0 aliphatic rings. The zero-order valence-corrected chi connectivity index (χ0v) is 13.9. The van der Waals surface area contributed by atoms with Crippen LogP contribution in [-0.2, 0) is 0 Å². The molecule has 0 heterocycles. The molecule has 5 heteroatoms. The monoisotopic (exact) mass is 295 g/mol. The van der Waals surface area contributed by atoms with Gasteiger partial charge in [0.1, 0.15) is 5.75 Å². The average Bonchev–Trinajstić information content (AvgIpc) is 2.43. The number of benzene rings is 1. The van der Waals surface area contributed by atoms with Gasteiger partial charge >= 0.3 is 0 Å². The first kappa shape index (κ1) is 17.3. The lowest BCUT2D eigenvalue weighted by Crippen LogP contribution is -2.35. The van der Waals surface area contributed by atoms with Gasteiger partial charge in [0.2, 0.25) is 0 Å². The van der Waals surface area contributed by atoms with Crippen LogP contribution in [0.2, 0.25) is 0 Å². The topological polar surface area (TPSA) is 48.0 Å². The van der Waals surface area contributed by atoms with E-state index < -0.39 is 5.41 Å². The Morgan fingerprint density at radius 3 is 1.90 bits per heavy atom. The Kier molecular flexibility index (Phi) is 5.61. The summed E-state index contributed by atoms with van der Waals surface area (Å²) in [5.74, 6) is 1.55.